The van der Waals surface area contributed by atoms with Crippen molar-refractivity contribution in [2.45, 2.75) is 44.7 Å². The van der Waals surface area contributed by atoms with Crippen molar-refractivity contribution in [2.75, 3.05) is 5.32 Å². The Morgan fingerprint density at radius 1 is 0.935 bits per heavy atom. The Balaban J connectivity index is 0.00000231. The van der Waals surface area contributed by atoms with Crippen molar-refractivity contribution in [3.63, 3.8) is 0 Å². The van der Waals surface area contributed by atoms with E-state index in [4.69, 9.17) is 9.61 Å². The van der Waals surface area contributed by atoms with Crippen LogP contribution in [0.3, 0.4) is 0 Å². The minimum absolute atomic E-state index is 0. The predicted molar refractivity (Wildman–Crippen MR) is 123 cm³/mol. The van der Waals surface area contributed by atoms with Gasteiger partial charge in [0.15, 0.2) is 0 Å². The third-order valence-corrected chi connectivity index (χ3v) is 5.85. The molecule has 8 heteroatoms. The van der Waals surface area contributed by atoms with Gasteiger partial charge in [0, 0.05) is 23.0 Å². The summed E-state index contributed by atoms with van der Waals surface area (Å²) in [5.41, 5.74) is 4.06. The van der Waals surface area contributed by atoms with E-state index in [1.54, 1.807) is 18.2 Å². The van der Waals surface area contributed by atoms with Gasteiger partial charge >= 0.3 is 0 Å². The van der Waals surface area contributed by atoms with Crippen LogP contribution < -0.4 is 10.6 Å². The van der Waals surface area contributed by atoms with Gasteiger partial charge in [-0.2, -0.15) is 0 Å². The summed E-state index contributed by atoms with van der Waals surface area (Å²) in [4.78, 5) is 17.4. The lowest BCUT2D eigenvalue weighted by atomic mass is 9.91. The summed E-state index contributed by atoms with van der Waals surface area (Å²) < 4.78 is 4.70. The van der Waals surface area contributed by atoms with Crippen LogP contribution in [0.5, 0.6) is 0 Å². The summed E-state index contributed by atoms with van der Waals surface area (Å²) in [6, 6.07) is 16.1. The highest BCUT2D eigenvalue weighted by Gasteiger charge is 2.23. The van der Waals surface area contributed by atoms with Crippen molar-refractivity contribution in [3.8, 4) is 0 Å². The van der Waals surface area contributed by atoms with Crippen LogP contribution >= 0.6 is 12.4 Å². The number of nitrogens with one attached hydrogen (secondary N) is 2. The van der Waals surface area contributed by atoms with Crippen molar-refractivity contribution >= 4 is 46.1 Å². The number of nitrogens with zero attached hydrogens (tertiary/aromatic N) is 3. The lowest BCUT2D eigenvalue weighted by Crippen LogP contribution is -2.40. The molecule has 0 aliphatic heterocycles. The zero-order chi connectivity index (χ0) is 20.5. The molecular formula is C23H24ClN5O2. The fraction of sp³-hybridized carbons (Fsp3) is 0.304. The van der Waals surface area contributed by atoms with Crippen LogP contribution in [0.4, 0.5) is 5.82 Å². The van der Waals surface area contributed by atoms with E-state index in [0.29, 0.717) is 22.6 Å². The van der Waals surface area contributed by atoms with Crippen molar-refractivity contribution < 1.29 is 9.42 Å². The highest BCUT2D eigenvalue weighted by Crippen LogP contribution is 2.25. The monoisotopic (exact) mass is 437 g/mol. The van der Waals surface area contributed by atoms with E-state index in [2.05, 4.69) is 40.0 Å². The molecule has 2 aromatic heterocycles. The third-order valence-electron chi connectivity index (χ3n) is 5.85. The molecule has 0 spiro atoms. The van der Waals surface area contributed by atoms with Crippen molar-refractivity contribution in [1.82, 2.24) is 20.6 Å². The van der Waals surface area contributed by atoms with Gasteiger partial charge in [0.2, 0.25) is 0 Å². The van der Waals surface area contributed by atoms with E-state index in [9.17, 15) is 4.79 Å². The van der Waals surface area contributed by atoms with Crippen LogP contribution in [0.25, 0.3) is 21.9 Å². The number of anilines is 1. The number of amides is 1. The van der Waals surface area contributed by atoms with Gasteiger partial charge in [0.1, 0.15) is 16.9 Å². The van der Waals surface area contributed by atoms with E-state index >= 15 is 0 Å². The summed E-state index contributed by atoms with van der Waals surface area (Å²) in [6.45, 7) is 2.12. The molecule has 7 nitrogen and oxygen atoms in total. The summed E-state index contributed by atoms with van der Waals surface area (Å²) in [5.74, 6) is 0.844. The largest absolute Gasteiger partial charge is 0.367 e. The number of hydrogen-bond donors (Lipinski definition) is 2. The Morgan fingerprint density at radius 2 is 1.68 bits per heavy atom. The molecule has 0 unspecified atom stereocenters. The first-order valence-corrected chi connectivity index (χ1v) is 10.3. The number of pyridine rings is 1. The molecule has 0 radical (unpaired) electrons. The minimum atomic E-state index is -0.0804. The minimum Gasteiger partial charge on any atom is -0.367 e. The number of benzene rings is 2. The summed E-state index contributed by atoms with van der Waals surface area (Å²) in [7, 11) is 0. The molecule has 1 amide bonds. The third kappa shape index (κ3) is 4.46. The van der Waals surface area contributed by atoms with Crippen LogP contribution in [-0.2, 0) is 0 Å². The van der Waals surface area contributed by atoms with Gasteiger partial charge in [-0.3, -0.25) is 4.79 Å². The first-order valence-electron chi connectivity index (χ1n) is 10.3. The summed E-state index contributed by atoms with van der Waals surface area (Å²) >= 11 is 0. The highest BCUT2D eigenvalue weighted by atomic mass is 35.5. The number of aromatic nitrogens is 3. The number of fused-ring (bicyclic) bond motifs is 2. The van der Waals surface area contributed by atoms with Gasteiger partial charge in [-0.05, 0) is 78.8 Å². The first kappa shape index (κ1) is 21.1. The average Bonchev–Trinajstić information content (AvgIpc) is 3.23. The lowest BCUT2D eigenvalue weighted by molar-refractivity contribution is 0.0926. The summed E-state index contributed by atoms with van der Waals surface area (Å²) in [6.07, 6.45) is 3.85. The van der Waals surface area contributed by atoms with Crippen molar-refractivity contribution in [1.29, 1.82) is 0 Å². The fourth-order valence-corrected chi connectivity index (χ4v) is 4.21. The quantitative estimate of drug-likeness (QED) is 0.482. The Hall–Kier alpha value is -3.19. The van der Waals surface area contributed by atoms with E-state index in [0.717, 1.165) is 37.0 Å². The topological polar surface area (TPSA) is 92.9 Å². The van der Waals surface area contributed by atoms with Crippen LogP contribution in [0.15, 0.2) is 53.2 Å². The number of hydrogen-bond acceptors (Lipinski definition) is 6. The van der Waals surface area contributed by atoms with Crippen LogP contribution in [0.1, 0.15) is 41.6 Å². The number of para-hydroxylation sites is 1. The summed E-state index contributed by atoms with van der Waals surface area (Å²) in [5, 5.41) is 15.5. The number of carbonyl (C=O) groups is 1. The Bertz CT molecular complexity index is 1220. The molecule has 160 valence electrons. The van der Waals surface area contributed by atoms with Crippen molar-refractivity contribution in [3.05, 3.63) is 59.7 Å². The van der Waals surface area contributed by atoms with Gasteiger partial charge in [0.05, 0.1) is 5.52 Å². The number of carbonyl (C=O) groups excluding carboxylic acids is 1. The second-order valence-electron chi connectivity index (χ2n) is 7.98. The fourth-order valence-electron chi connectivity index (χ4n) is 4.21. The molecule has 0 bridgehead atoms. The molecule has 0 saturated heterocycles. The van der Waals surface area contributed by atoms with E-state index in [-0.39, 0.29) is 24.4 Å². The molecule has 2 heterocycles. The number of halogens is 1. The van der Waals surface area contributed by atoms with E-state index in [1.165, 1.54) is 10.9 Å². The zero-order valence-electron chi connectivity index (χ0n) is 17.2. The Labute approximate surface area is 186 Å². The highest BCUT2D eigenvalue weighted by molar-refractivity contribution is 5.97. The molecule has 1 saturated carbocycles. The van der Waals surface area contributed by atoms with Crippen molar-refractivity contribution in [2.24, 2.45) is 0 Å². The Kier molecular flexibility index (Phi) is 6.04. The van der Waals surface area contributed by atoms with Gasteiger partial charge < -0.3 is 10.6 Å². The molecule has 1 fully saturated rings. The molecule has 2 N–H and O–H groups in total. The zero-order valence-corrected chi connectivity index (χ0v) is 18.0. The van der Waals surface area contributed by atoms with E-state index in [1.807, 2.05) is 18.2 Å². The molecule has 0 atom stereocenters. The smallest absolute Gasteiger partial charge is 0.251 e. The average molecular weight is 438 g/mol. The molecule has 4 aromatic rings. The maximum absolute atomic E-state index is 12.6. The van der Waals surface area contributed by atoms with Gasteiger partial charge in [-0.1, -0.05) is 18.2 Å². The second kappa shape index (κ2) is 8.89. The normalized spacial score (nSPS) is 18.5. The molecular weight excluding hydrogens is 414 g/mol. The number of rotatable bonds is 4. The predicted octanol–water partition coefficient (Wildman–Crippen LogP) is 4.65. The van der Waals surface area contributed by atoms with Crippen LogP contribution in [-0.4, -0.2) is 33.3 Å². The van der Waals surface area contributed by atoms with Gasteiger partial charge in [0.25, 0.3) is 5.91 Å². The second-order valence-corrected chi connectivity index (χ2v) is 7.98. The molecule has 2 aromatic carbocycles. The standard InChI is InChI=1S/C23H23N5O2.ClH/c1-14-12-22(26-19-5-3-2-4-18(14)19)24-16-7-9-17(10-8-16)25-23(29)15-6-11-20-21(13-15)28-30-27-20;/h2-6,11-13,16-17H,7-10H2,1H3,(H,24,26)(H,25,29);1H/t16-,17+;. The maximum Gasteiger partial charge on any atom is 0.251 e. The molecule has 1 aliphatic rings. The maximum atomic E-state index is 12.6. The van der Waals surface area contributed by atoms with Gasteiger partial charge in [-0.25, -0.2) is 9.61 Å². The first-order chi connectivity index (χ1) is 14.7. The SMILES string of the molecule is Cc1cc(N[C@H]2CC[C@@H](NC(=O)c3ccc4nonc4c3)CC2)nc2ccccc12.Cl. The van der Waals surface area contributed by atoms with Crippen LogP contribution in [0.2, 0.25) is 0 Å². The lowest BCUT2D eigenvalue weighted by Gasteiger charge is -2.30. The van der Waals surface area contributed by atoms with Crippen LogP contribution in [0, 0.1) is 6.92 Å². The van der Waals surface area contributed by atoms with Gasteiger partial charge in [-0.15, -0.1) is 12.4 Å². The molecule has 1 aliphatic carbocycles. The number of aryl methyl sites for hydroxylation is 1. The molecule has 5 rings (SSSR count). The Morgan fingerprint density at radius 3 is 2.52 bits per heavy atom. The molecule has 31 heavy (non-hydrogen) atoms. The van der Waals surface area contributed by atoms with E-state index < -0.39 is 0 Å².